The van der Waals surface area contributed by atoms with Gasteiger partial charge in [0.05, 0.1) is 12.1 Å². The van der Waals surface area contributed by atoms with E-state index in [2.05, 4.69) is 16.0 Å². The molecule has 1 heterocycles. The van der Waals surface area contributed by atoms with Gasteiger partial charge in [0, 0.05) is 12.2 Å². The molecule has 1 unspecified atom stereocenters. The van der Waals surface area contributed by atoms with Crippen LogP contribution in [0.2, 0.25) is 0 Å². The molecule has 1 atom stereocenters. The van der Waals surface area contributed by atoms with Crippen LogP contribution in [0.4, 0.5) is 23.2 Å². The van der Waals surface area contributed by atoms with E-state index in [1.54, 1.807) is 0 Å². The maximum Gasteiger partial charge on any atom is 0.419 e. The topological polar surface area (TPSA) is 70.2 Å². The van der Waals surface area contributed by atoms with Crippen molar-refractivity contribution in [3.8, 4) is 0 Å². The lowest BCUT2D eigenvalue weighted by molar-refractivity contribution is -0.140. The largest absolute Gasteiger partial charge is 0.419 e. The zero-order valence-corrected chi connectivity index (χ0v) is 10.6. The third-order valence-electron chi connectivity index (χ3n) is 2.87. The van der Waals surface area contributed by atoms with Gasteiger partial charge in [-0.3, -0.25) is 14.9 Å². The lowest BCUT2D eigenvalue weighted by Gasteiger charge is -2.23. The Kier molecular flexibility index (Phi) is 4.12. The summed E-state index contributed by atoms with van der Waals surface area (Å²) in [6, 6.07) is 1.43. The second kappa shape index (κ2) is 5.68. The van der Waals surface area contributed by atoms with Gasteiger partial charge in [-0.05, 0) is 18.2 Å². The number of halogens is 4. The highest BCUT2D eigenvalue weighted by atomic mass is 19.4. The first-order chi connectivity index (χ1) is 9.77. The van der Waals surface area contributed by atoms with Crippen LogP contribution >= 0.6 is 0 Å². The van der Waals surface area contributed by atoms with Crippen molar-refractivity contribution in [1.29, 1.82) is 0 Å². The molecule has 2 rings (SSSR count). The van der Waals surface area contributed by atoms with Crippen LogP contribution in [0, 0.1) is 5.82 Å². The number of hydrogen-bond acceptors (Lipinski definition) is 3. The summed E-state index contributed by atoms with van der Waals surface area (Å²) in [6.07, 6.45) is -4.85. The molecule has 21 heavy (non-hydrogen) atoms. The Balaban J connectivity index is 2.09. The summed E-state index contributed by atoms with van der Waals surface area (Å²) >= 11 is 0. The Bertz CT molecular complexity index is 564. The van der Waals surface area contributed by atoms with Crippen molar-refractivity contribution in [1.82, 2.24) is 10.6 Å². The van der Waals surface area contributed by atoms with Gasteiger partial charge in [0.25, 0.3) is 0 Å². The minimum absolute atomic E-state index is 0.0258. The fourth-order valence-electron chi connectivity index (χ4n) is 1.80. The molecular formula is C12H11F4N3O2. The Morgan fingerprint density at radius 3 is 2.62 bits per heavy atom. The van der Waals surface area contributed by atoms with Gasteiger partial charge in [-0.25, -0.2) is 4.39 Å². The summed E-state index contributed by atoms with van der Waals surface area (Å²) in [5, 5.41) is 7.31. The smallest absolute Gasteiger partial charge is 0.353 e. The highest BCUT2D eigenvalue weighted by molar-refractivity contribution is 5.96. The van der Waals surface area contributed by atoms with E-state index in [4.69, 9.17) is 0 Å². The van der Waals surface area contributed by atoms with Crippen molar-refractivity contribution in [3.05, 3.63) is 29.6 Å². The number of piperazine rings is 1. The van der Waals surface area contributed by atoms with E-state index in [1.807, 2.05) is 0 Å². The summed E-state index contributed by atoms with van der Waals surface area (Å²) in [7, 11) is 0. The summed E-state index contributed by atoms with van der Waals surface area (Å²) < 4.78 is 50.8. The van der Waals surface area contributed by atoms with Gasteiger partial charge in [0.15, 0.2) is 0 Å². The van der Waals surface area contributed by atoms with Crippen LogP contribution in [-0.4, -0.2) is 30.9 Å². The number of carbonyl (C=O) groups is 2. The minimum Gasteiger partial charge on any atom is -0.353 e. The normalized spacial score (nSPS) is 19.0. The Morgan fingerprint density at radius 2 is 2.05 bits per heavy atom. The molecule has 0 bridgehead atoms. The predicted molar refractivity (Wildman–Crippen MR) is 64.8 cm³/mol. The van der Waals surface area contributed by atoms with Crippen LogP contribution in [0.1, 0.15) is 5.56 Å². The molecule has 1 aromatic carbocycles. The summed E-state index contributed by atoms with van der Waals surface area (Å²) in [5.41, 5.74) is -1.63. The Morgan fingerprint density at radius 1 is 1.33 bits per heavy atom. The monoisotopic (exact) mass is 305 g/mol. The number of rotatable bonds is 2. The number of nitrogens with one attached hydrogen (secondary N) is 3. The SMILES string of the molecule is O=C1CNC(C(=O)Nc2ccc(F)c(C(F)(F)F)c2)CN1. The van der Waals surface area contributed by atoms with Gasteiger partial charge in [-0.1, -0.05) is 0 Å². The molecule has 0 aromatic heterocycles. The Hall–Kier alpha value is -2.16. The molecular weight excluding hydrogens is 294 g/mol. The molecule has 1 aromatic rings. The highest BCUT2D eigenvalue weighted by Gasteiger charge is 2.34. The van der Waals surface area contributed by atoms with E-state index in [1.165, 1.54) is 0 Å². The molecule has 2 amide bonds. The van der Waals surface area contributed by atoms with Gasteiger partial charge in [0.2, 0.25) is 11.8 Å². The minimum atomic E-state index is -4.85. The van der Waals surface area contributed by atoms with Crippen LogP contribution < -0.4 is 16.0 Å². The quantitative estimate of drug-likeness (QED) is 0.710. The molecule has 9 heteroatoms. The third-order valence-corrected chi connectivity index (χ3v) is 2.87. The standard InChI is InChI=1S/C12H11F4N3O2/c13-8-2-1-6(3-7(8)12(14,15)16)19-11(21)9-4-18-10(20)5-17-9/h1-3,9,17H,4-5H2,(H,18,20)(H,19,21). The molecule has 0 spiro atoms. The molecule has 5 nitrogen and oxygen atoms in total. The van der Waals surface area contributed by atoms with Crippen molar-refractivity contribution < 1.29 is 27.2 Å². The van der Waals surface area contributed by atoms with Crippen molar-refractivity contribution in [2.24, 2.45) is 0 Å². The fourth-order valence-corrected chi connectivity index (χ4v) is 1.80. The zero-order valence-electron chi connectivity index (χ0n) is 10.6. The molecule has 1 aliphatic heterocycles. The number of carbonyl (C=O) groups excluding carboxylic acids is 2. The van der Waals surface area contributed by atoms with E-state index in [0.717, 1.165) is 6.07 Å². The number of alkyl halides is 3. The number of benzene rings is 1. The van der Waals surface area contributed by atoms with Crippen molar-refractivity contribution >= 4 is 17.5 Å². The Labute approximate surface area is 116 Å². The molecule has 0 aliphatic carbocycles. The molecule has 0 saturated carbocycles. The second-order valence-corrected chi connectivity index (χ2v) is 4.42. The molecule has 3 N–H and O–H groups in total. The first-order valence-electron chi connectivity index (χ1n) is 5.95. The maximum absolute atomic E-state index is 13.1. The van der Waals surface area contributed by atoms with Gasteiger partial charge in [0.1, 0.15) is 11.9 Å². The molecule has 114 valence electrons. The fraction of sp³-hybridized carbons (Fsp3) is 0.333. The van der Waals surface area contributed by atoms with Gasteiger partial charge in [-0.2, -0.15) is 13.2 Å². The van der Waals surface area contributed by atoms with Crippen molar-refractivity contribution in [3.63, 3.8) is 0 Å². The maximum atomic E-state index is 13.1. The van der Waals surface area contributed by atoms with E-state index >= 15 is 0 Å². The van der Waals surface area contributed by atoms with Gasteiger partial charge in [-0.15, -0.1) is 0 Å². The van der Waals surface area contributed by atoms with E-state index < -0.39 is 29.5 Å². The lowest BCUT2D eigenvalue weighted by atomic mass is 10.1. The first kappa shape index (κ1) is 15.2. The van der Waals surface area contributed by atoms with E-state index in [0.29, 0.717) is 12.1 Å². The average Bonchev–Trinajstić information content (AvgIpc) is 2.40. The summed E-state index contributed by atoms with van der Waals surface area (Å²) in [5.74, 6) is -2.31. The van der Waals surface area contributed by atoms with Crippen LogP contribution in [-0.2, 0) is 15.8 Å². The lowest BCUT2D eigenvalue weighted by Crippen LogP contribution is -2.56. The third kappa shape index (κ3) is 3.69. The van der Waals surface area contributed by atoms with Gasteiger partial charge >= 0.3 is 6.18 Å². The van der Waals surface area contributed by atoms with E-state index in [9.17, 15) is 27.2 Å². The molecule has 1 saturated heterocycles. The van der Waals surface area contributed by atoms with Crippen LogP contribution in [0.3, 0.4) is 0 Å². The highest BCUT2D eigenvalue weighted by Crippen LogP contribution is 2.32. The number of hydrogen-bond donors (Lipinski definition) is 3. The summed E-state index contributed by atoms with van der Waals surface area (Å²) in [4.78, 5) is 22.7. The molecule has 1 aliphatic rings. The second-order valence-electron chi connectivity index (χ2n) is 4.42. The van der Waals surface area contributed by atoms with Crippen molar-refractivity contribution in [2.75, 3.05) is 18.4 Å². The average molecular weight is 305 g/mol. The first-order valence-corrected chi connectivity index (χ1v) is 5.95. The van der Waals surface area contributed by atoms with Gasteiger partial charge < -0.3 is 10.6 Å². The molecule has 1 fully saturated rings. The van der Waals surface area contributed by atoms with Crippen molar-refractivity contribution in [2.45, 2.75) is 12.2 Å². The van der Waals surface area contributed by atoms with Crippen LogP contribution in [0.5, 0.6) is 0 Å². The van der Waals surface area contributed by atoms with Crippen LogP contribution in [0.15, 0.2) is 18.2 Å². The zero-order chi connectivity index (χ0) is 15.6. The predicted octanol–water partition coefficient (Wildman–Crippen LogP) is 0.871. The van der Waals surface area contributed by atoms with Crippen LogP contribution in [0.25, 0.3) is 0 Å². The van der Waals surface area contributed by atoms with E-state index in [-0.39, 0.29) is 24.7 Å². The number of amides is 2. The summed E-state index contributed by atoms with van der Waals surface area (Å²) in [6.45, 7) is -0.0344. The molecule has 0 radical (unpaired) electrons. The number of anilines is 1.